The van der Waals surface area contributed by atoms with Crippen molar-refractivity contribution in [3.05, 3.63) is 23.4 Å². The van der Waals surface area contributed by atoms with E-state index < -0.39 is 6.17 Å². The summed E-state index contributed by atoms with van der Waals surface area (Å²) in [5, 5.41) is 1.55. The molecular formula is C10H9ClFN3. The molecule has 1 saturated heterocycles. The third-order valence-electron chi connectivity index (χ3n) is 2.63. The van der Waals surface area contributed by atoms with Crippen molar-refractivity contribution in [1.82, 2.24) is 9.97 Å². The van der Waals surface area contributed by atoms with Crippen LogP contribution in [-0.2, 0) is 0 Å². The fourth-order valence-electron chi connectivity index (χ4n) is 1.76. The number of nitrogens with zero attached hydrogens (tertiary/aromatic N) is 2. The van der Waals surface area contributed by atoms with Gasteiger partial charge in [-0.05, 0) is 6.07 Å². The van der Waals surface area contributed by atoms with Crippen molar-refractivity contribution in [2.75, 3.05) is 18.0 Å². The maximum atomic E-state index is 12.7. The third kappa shape index (κ3) is 1.36. The molecule has 0 unspecified atom stereocenters. The summed E-state index contributed by atoms with van der Waals surface area (Å²) in [5.74, 6) is 0.740. The van der Waals surface area contributed by atoms with Gasteiger partial charge in [-0.25, -0.2) is 9.37 Å². The van der Waals surface area contributed by atoms with Crippen molar-refractivity contribution >= 4 is 28.5 Å². The molecule has 0 aromatic carbocycles. The molecule has 0 bridgehead atoms. The Hall–Kier alpha value is -1.29. The molecule has 1 aliphatic heterocycles. The van der Waals surface area contributed by atoms with E-state index in [9.17, 15) is 4.39 Å². The quantitative estimate of drug-likeness (QED) is 0.808. The molecule has 1 aliphatic rings. The van der Waals surface area contributed by atoms with Gasteiger partial charge in [0, 0.05) is 17.6 Å². The number of anilines is 1. The summed E-state index contributed by atoms with van der Waals surface area (Å²) in [4.78, 5) is 9.24. The standard InChI is InChI=1S/C10H9ClFN3/c11-8-3-9(15-4-6(12)5-15)14-10-7(8)1-2-13-10/h1-3,6H,4-5H2,(H,13,14). The first-order chi connectivity index (χ1) is 7.24. The minimum absolute atomic E-state index is 0.412. The fraction of sp³-hybridized carbons (Fsp3) is 0.300. The Balaban J connectivity index is 2.05. The number of hydrogen-bond acceptors (Lipinski definition) is 2. The monoisotopic (exact) mass is 225 g/mol. The van der Waals surface area contributed by atoms with Crippen LogP contribution in [0.1, 0.15) is 0 Å². The minimum atomic E-state index is -0.732. The topological polar surface area (TPSA) is 31.9 Å². The second-order valence-electron chi connectivity index (χ2n) is 3.70. The van der Waals surface area contributed by atoms with Crippen molar-refractivity contribution in [3.63, 3.8) is 0 Å². The predicted octanol–water partition coefficient (Wildman–Crippen LogP) is 2.37. The first-order valence-corrected chi connectivity index (χ1v) is 5.14. The molecule has 3 nitrogen and oxygen atoms in total. The Morgan fingerprint density at radius 3 is 3.07 bits per heavy atom. The molecule has 0 radical (unpaired) electrons. The number of rotatable bonds is 1. The van der Waals surface area contributed by atoms with E-state index in [4.69, 9.17) is 11.6 Å². The molecule has 5 heteroatoms. The highest BCUT2D eigenvalue weighted by atomic mass is 35.5. The van der Waals surface area contributed by atoms with E-state index in [1.165, 1.54) is 0 Å². The van der Waals surface area contributed by atoms with E-state index in [0.717, 1.165) is 16.9 Å². The molecule has 0 amide bonds. The molecule has 3 rings (SSSR count). The average molecular weight is 226 g/mol. The number of halogens is 2. The zero-order valence-corrected chi connectivity index (χ0v) is 8.63. The van der Waals surface area contributed by atoms with Crippen molar-refractivity contribution in [2.24, 2.45) is 0 Å². The largest absolute Gasteiger partial charge is 0.351 e. The second-order valence-corrected chi connectivity index (χ2v) is 4.11. The van der Waals surface area contributed by atoms with E-state index >= 15 is 0 Å². The van der Waals surface area contributed by atoms with Crippen LogP contribution in [0.4, 0.5) is 10.2 Å². The number of H-pyrrole nitrogens is 1. The van der Waals surface area contributed by atoms with Crippen molar-refractivity contribution in [3.8, 4) is 0 Å². The van der Waals surface area contributed by atoms with Crippen LogP contribution in [0.25, 0.3) is 11.0 Å². The van der Waals surface area contributed by atoms with E-state index in [1.54, 1.807) is 12.3 Å². The Morgan fingerprint density at radius 1 is 1.53 bits per heavy atom. The summed E-state index contributed by atoms with van der Waals surface area (Å²) in [5.41, 5.74) is 0.750. The zero-order chi connectivity index (χ0) is 10.4. The van der Waals surface area contributed by atoms with Gasteiger partial charge in [-0.15, -0.1) is 0 Å². The molecule has 0 atom stereocenters. The van der Waals surface area contributed by atoms with Gasteiger partial charge in [-0.1, -0.05) is 11.6 Å². The number of aromatic amines is 1. The highest BCUT2D eigenvalue weighted by molar-refractivity contribution is 6.35. The molecule has 2 aromatic rings. The number of alkyl halides is 1. The number of pyridine rings is 1. The van der Waals surface area contributed by atoms with Crippen molar-refractivity contribution in [2.45, 2.75) is 6.17 Å². The van der Waals surface area contributed by atoms with Crippen molar-refractivity contribution in [1.29, 1.82) is 0 Å². The molecule has 2 aromatic heterocycles. The van der Waals surface area contributed by atoms with Crippen LogP contribution in [0.5, 0.6) is 0 Å². The van der Waals surface area contributed by atoms with E-state index in [-0.39, 0.29) is 0 Å². The smallest absolute Gasteiger partial charge is 0.141 e. The lowest BCUT2D eigenvalue weighted by Gasteiger charge is -2.35. The van der Waals surface area contributed by atoms with E-state index in [1.807, 2.05) is 11.0 Å². The third-order valence-corrected chi connectivity index (χ3v) is 2.94. The summed E-state index contributed by atoms with van der Waals surface area (Å²) in [6.07, 6.45) is 1.06. The highest BCUT2D eigenvalue weighted by Crippen LogP contribution is 2.28. The van der Waals surface area contributed by atoms with Gasteiger partial charge in [0.25, 0.3) is 0 Å². The SMILES string of the molecule is FC1CN(c2cc(Cl)c3cc[nH]c3n2)C1. The Bertz CT molecular complexity index is 504. The molecule has 15 heavy (non-hydrogen) atoms. The van der Waals surface area contributed by atoms with Gasteiger partial charge >= 0.3 is 0 Å². The molecule has 78 valence electrons. The predicted molar refractivity (Wildman–Crippen MR) is 58.2 cm³/mol. The first kappa shape index (κ1) is 8.97. The normalized spacial score (nSPS) is 17.1. The summed E-state index contributed by atoms with van der Waals surface area (Å²) in [6.45, 7) is 0.824. The lowest BCUT2D eigenvalue weighted by Crippen LogP contribution is -2.48. The summed E-state index contributed by atoms with van der Waals surface area (Å²) < 4.78 is 12.7. The summed E-state index contributed by atoms with van der Waals surface area (Å²) in [7, 11) is 0. The first-order valence-electron chi connectivity index (χ1n) is 4.77. The van der Waals surface area contributed by atoms with Crippen LogP contribution in [0, 0.1) is 0 Å². The van der Waals surface area contributed by atoms with Gasteiger partial charge in [0.2, 0.25) is 0 Å². The van der Waals surface area contributed by atoms with Crippen LogP contribution in [0.15, 0.2) is 18.3 Å². The molecule has 1 fully saturated rings. The molecule has 0 spiro atoms. The number of fused-ring (bicyclic) bond motifs is 1. The molecule has 1 N–H and O–H groups in total. The molecular weight excluding hydrogens is 217 g/mol. The maximum absolute atomic E-state index is 12.7. The van der Waals surface area contributed by atoms with Crippen LogP contribution < -0.4 is 4.90 Å². The second kappa shape index (κ2) is 3.10. The highest BCUT2D eigenvalue weighted by Gasteiger charge is 2.27. The number of aromatic nitrogens is 2. The minimum Gasteiger partial charge on any atom is -0.351 e. The lowest BCUT2D eigenvalue weighted by molar-refractivity contribution is 0.273. The Kier molecular flexibility index (Phi) is 1.85. The van der Waals surface area contributed by atoms with Gasteiger partial charge in [0.1, 0.15) is 17.6 Å². The number of nitrogens with one attached hydrogen (secondary N) is 1. The molecule has 3 heterocycles. The van der Waals surface area contributed by atoms with Gasteiger partial charge in [0.05, 0.1) is 18.1 Å². The van der Waals surface area contributed by atoms with Gasteiger partial charge in [0.15, 0.2) is 0 Å². The average Bonchev–Trinajstić information content (AvgIpc) is 2.61. The molecule has 0 saturated carbocycles. The summed E-state index contributed by atoms with van der Waals surface area (Å²) >= 11 is 6.08. The van der Waals surface area contributed by atoms with Gasteiger partial charge in [-0.3, -0.25) is 0 Å². The van der Waals surface area contributed by atoms with Crippen LogP contribution in [0.3, 0.4) is 0 Å². The Labute approximate surface area is 90.9 Å². The Morgan fingerprint density at radius 2 is 2.33 bits per heavy atom. The number of hydrogen-bond donors (Lipinski definition) is 1. The van der Waals surface area contributed by atoms with E-state index in [0.29, 0.717) is 18.1 Å². The van der Waals surface area contributed by atoms with Crippen LogP contribution >= 0.6 is 11.6 Å². The van der Waals surface area contributed by atoms with Gasteiger partial charge < -0.3 is 9.88 Å². The van der Waals surface area contributed by atoms with E-state index in [2.05, 4.69) is 9.97 Å². The summed E-state index contributed by atoms with van der Waals surface area (Å²) in [6, 6.07) is 3.66. The van der Waals surface area contributed by atoms with Crippen LogP contribution in [0.2, 0.25) is 5.02 Å². The van der Waals surface area contributed by atoms with Crippen molar-refractivity contribution < 1.29 is 4.39 Å². The van der Waals surface area contributed by atoms with Crippen LogP contribution in [-0.4, -0.2) is 29.2 Å². The van der Waals surface area contributed by atoms with Gasteiger partial charge in [-0.2, -0.15) is 0 Å². The maximum Gasteiger partial charge on any atom is 0.141 e. The lowest BCUT2D eigenvalue weighted by atomic mass is 10.2. The fourth-order valence-corrected chi connectivity index (χ4v) is 2.01. The molecule has 0 aliphatic carbocycles. The zero-order valence-electron chi connectivity index (χ0n) is 7.87.